The van der Waals surface area contributed by atoms with Crippen molar-refractivity contribution in [2.45, 2.75) is 45.8 Å². The van der Waals surface area contributed by atoms with Gasteiger partial charge in [-0.15, -0.1) is 0 Å². The molecule has 0 aromatic heterocycles. The second-order valence-electron chi connectivity index (χ2n) is 10.2. The summed E-state index contributed by atoms with van der Waals surface area (Å²) in [4.78, 5) is 29.3. The van der Waals surface area contributed by atoms with Crippen LogP contribution in [-0.4, -0.2) is 64.2 Å². The van der Waals surface area contributed by atoms with Crippen LogP contribution >= 0.6 is 0 Å². The summed E-state index contributed by atoms with van der Waals surface area (Å²) in [7, 11) is -1.07. The van der Waals surface area contributed by atoms with Crippen molar-refractivity contribution in [2.24, 2.45) is 0 Å². The fourth-order valence-electron chi connectivity index (χ4n) is 4.53. The van der Waals surface area contributed by atoms with Crippen LogP contribution in [0.3, 0.4) is 0 Å². The lowest BCUT2D eigenvalue weighted by Gasteiger charge is -2.34. The molecule has 0 saturated carbocycles. The Balaban J connectivity index is 2.11. The molecular weight excluding hydrogens is 542 g/mol. The number of aryl methyl sites for hydroxylation is 1. The number of anilines is 1. The van der Waals surface area contributed by atoms with Crippen LogP contribution in [-0.2, 0) is 32.6 Å². The number of carbonyl (C=O) groups excluding carboxylic acids is 2. The molecule has 0 heterocycles. The molecule has 2 amide bonds. The van der Waals surface area contributed by atoms with E-state index in [-0.39, 0.29) is 36.4 Å². The maximum absolute atomic E-state index is 14.2. The zero-order chi connectivity index (χ0) is 30.2. The quantitative estimate of drug-likeness (QED) is 0.328. The van der Waals surface area contributed by atoms with Crippen LogP contribution in [0.2, 0.25) is 0 Å². The highest BCUT2D eigenvalue weighted by molar-refractivity contribution is 7.92. The molecule has 0 spiro atoms. The van der Waals surface area contributed by atoms with E-state index in [4.69, 9.17) is 9.47 Å². The first kappa shape index (κ1) is 31.5. The Morgan fingerprint density at radius 1 is 0.902 bits per heavy atom. The first-order valence-electron chi connectivity index (χ1n) is 13.3. The summed E-state index contributed by atoms with van der Waals surface area (Å²) in [6.45, 7) is 5.21. The van der Waals surface area contributed by atoms with Crippen molar-refractivity contribution >= 4 is 27.5 Å². The van der Waals surface area contributed by atoms with Crippen LogP contribution in [0.5, 0.6) is 11.5 Å². The topological polar surface area (TPSA) is 105 Å². The van der Waals surface area contributed by atoms with Gasteiger partial charge < -0.3 is 19.7 Å². The monoisotopic (exact) mass is 581 g/mol. The smallest absolute Gasteiger partial charge is 0.244 e. The van der Waals surface area contributed by atoms with E-state index in [0.29, 0.717) is 5.75 Å². The maximum atomic E-state index is 14.2. The third kappa shape index (κ3) is 8.72. The zero-order valence-corrected chi connectivity index (χ0v) is 25.3. The van der Waals surface area contributed by atoms with E-state index >= 15 is 0 Å². The van der Waals surface area contributed by atoms with Gasteiger partial charge in [0.15, 0.2) is 0 Å². The van der Waals surface area contributed by atoms with E-state index in [1.54, 1.807) is 12.1 Å². The lowest BCUT2D eigenvalue weighted by molar-refractivity contribution is -0.140. The van der Waals surface area contributed by atoms with Crippen LogP contribution in [0.4, 0.5) is 5.69 Å². The van der Waals surface area contributed by atoms with Crippen molar-refractivity contribution in [1.82, 2.24) is 10.2 Å². The molecule has 3 aromatic rings. The molecule has 1 N–H and O–H groups in total. The molecule has 0 saturated heterocycles. The largest absolute Gasteiger partial charge is 0.497 e. The van der Waals surface area contributed by atoms with Crippen LogP contribution in [0.25, 0.3) is 0 Å². The molecule has 0 aliphatic carbocycles. The number of benzene rings is 3. The van der Waals surface area contributed by atoms with E-state index < -0.39 is 28.5 Å². The molecule has 1 unspecified atom stereocenters. The van der Waals surface area contributed by atoms with Gasteiger partial charge in [0, 0.05) is 25.1 Å². The summed E-state index contributed by atoms with van der Waals surface area (Å²) in [6, 6.07) is 20.7. The number of amides is 2. The van der Waals surface area contributed by atoms with Gasteiger partial charge in [-0.2, -0.15) is 0 Å². The third-order valence-electron chi connectivity index (χ3n) is 6.47. The van der Waals surface area contributed by atoms with Crippen molar-refractivity contribution < 1.29 is 27.5 Å². The molecule has 0 radical (unpaired) electrons. The lowest BCUT2D eigenvalue weighted by atomic mass is 10.0. The highest BCUT2D eigenvalue weighted by Gasteiger charge is 2.34. The number of nitrogens with zero attached hydrogens (tertiary/aromatic N) is 2. The minimum absolute atomic E-state index is 0.108. The number of methoxy groups -OCH3 is 2. The van der Waals surface area contributed by atoms with Gasteiger partial charge in [0.1, 0.15) is 24.1 Å². The van der Waals surface area contributed by atoms with Gasteiger partial charge in [0.05, 0.1) is 26.2 Å². The Hall–Kier alpha value is -4.05. The van der Waals surface area contributed by atoms with E-state index in [0.717, 1.165) is 27.3 Å². The number of carbonyl (C=O) groups is 2. The zero-order valence-electron chi connectivity index (χ0n) is 24.5. The Bertz CT molecular complexity index is 1440. The van der Waals surface area contributed by atoms with Crippen LogP contribution < -0.4 is 19.1 Å². The van der Waals surface area contributed by atoms with Crippen LogP contribution in [0.1, 0.15) is 30.5 Å². The average molecular weight is 582 g/mol. The van der Waals surface area contributed by atoms with Gasteiger partial charge in [0.2, 0.25) is 21.8 Å². The van der Waals surface area contributed by atoms with E-state index in [9.17, 15) is 18.0 Å². The minimum Gasteiger partial charge on any atom is -0.497 e. The highest BCUT2D eigenvalue weighted by Crippen LogP contribution is 2.34. The fraction of sp³-hybridized carbons (Fsp3) is 0.355. The first-order valence-corrected chi connectivity index (χ1v) is 15.2. The van der Waals surface area contributed by atoms with E-state index in [1.165, 1.54) is 25.2 Å². The number of hydrogen-bond donors (Lipinski definition) is 1. The van der Waals surface area contributed by atoms with Crippen molar-refractivity contribution in [3.8, 4) is 11.5 Å². The van der Waals surface area contributed by atoms with Gasteiger partial charge >= 0.3 is 0 Å². The molecule has 0 aliphatic heterocycles. The standard InChI is InChI=1S/C31H39N3O6S/c1-22(2)32-31(36)28(18-24-12-8-7-9-13-24)33(20-25-14-10-11-23(3)17-25)30(35)21-34(41(6,37)38)27-19-26(39-4)15-16-29(27)40-5/h7-17,19,22,28H,18,20-21H2,1-6H3,(H,32,36). The average Bonchev–Trinajstić information content (AvgIpc) is 2.92. The van der Waals surface area contributed by atoms with Gasteiger partial charge in [0.25, 0.3) is 0 Å². The Labute approximate surface area is 243 Å². The predicted molar refractivity (Wildman–Crippen MR) is 161 cm³/mol. The maximum Gasteiger partial charge on any atom is 0.244 e. The summed E-state index contributed by atoms with van der Waals surface area (Å²) < 4.78 is 37.9. The van der Waals surface area contributed by atoms with Crippen LogP contribution in [0.15, 0.2) is 72.8 Å². The Morgan fingerprint density at radius 3 is 2.17 bits per heavy atom. The molecule has 3 aromatic carbocycles. The molecule has 220 valence electrons. The Kier molecular flexibility index (Phi) is 10.8. The number of hydrogen-bond acceptors (Lipinski definition) is 6. The molecule has 0 aliphatic rings. The van der Waals surface area contributed by atoms with Crippen molar-refractivity contribution in [3.63, 3.8) is 0 Å². The summed E-state index contributed by atoms with van der Waals surface area (Å²) >= 11 is 0. The summed E-state index contributed by atoms with van der Waals surface area (Å²) in [5.74, 6) is -0.208. The SMILES string of the molecule is COc1ccc(OC)c(N(CC(=O)N(Cc2cccc(C)c2)C(Cc2ccccc2)C(=O)NC(C)C)S(C)(=O)=O)c1. The van der Waals surface area contributed by atoms with Gasteiger partial charge in [-0.3, -0.25) is 13.9 Å². The van der Waals surface area contributed by atoms with Crippen LogP contribution in [0, 0.1) is 6.92 Å². The molecular formula is C31H39N3O6S. The van der Waals surface area contributed by atoms with Gasteiger partial charge in [-0.1, -0.05) is 60.2 Å². The lowest BCUT2D eigenvalue weighted by Crippen LogP contribution is -2.54. The molecule has 3 rings (SSSR count). The molecule has 0 bridgehead atoms. The molecule has 0 fully saturated rings. The highest BCUT2D eigenvalue weighted by atomic mass is 32.2. The van der Waals surface area contributed by atoms with Crippen molar-refractivity contribution in [1.29, 1.82) is 0 Å². The number of nitrogens with one attached hydrogen (secondary N) is 1. The van der Waals surface area contributed by atoms with Gasteiger partial charge in [-0.25, -0.2) is 8.42 Å². The molecule has 10 heteroatoms. The number of ether oxygens (including phenoxy) is 2. The second-order valence-corrected chi connectivity index (χ2v) is 12.1. The van der Waals surface area contributed by atoms with E-state index in [2.05, 4.69) is 5.32 Å². The van der Waals surface area contributed by atoms with Crippen molar-refractivity contribution in [2.75, 3.05) is 31.3 Å². The molecule has 9 nitrogen and oxygen atoms in total. The van der Waals surface area contributed by atoms with Crippen molar-refractivity contribution in [3.05, 3.63) is 89.5 Å². The summed E-state index contributed by atoms with van der Waals surface area (Å²) in [6.07, 6.45) is 1.27. The number of sulfonamides is 1. The third-order valence-corrected chi connectivity index (χ3v) is 7.60. The fourth-order valence-corrected chi connectivity index (χ4v) is 5.37. The predicted octanol–water partition coefficient (Wildman–Crippen LogP) is 3.94. The molecule has 41 heavy (non-hydrogen) atoms. The Morgan fingerprint density at radius 2 is 1.59 bits per heavy atom. The normalized spacial score (nSPS) is 12.0. The second kappa shape index (κ2) is 14.0. The van der Waals surface area contributed by atoms with Gasteiger partial charge in [-0.05, 0) is 44.0 Å². The number of rotatable bonds is 13. The minimum atomic E-state index is -3.96. The summed E-state index contributed by atoms with van der Waals surface area (Å²) in [5, 5.41) is 2.94. The molecule has 1 atom stereocenters. The first-order chi connectivity index (χ1) is 19.4. The van der Waals surface area contributed by atoms with E-state index in [1.807, 2.05) is 75.4 Å². The summed E-state index contributed by atoms with van der Waals surface area (Å²) in [5.41, 5.74) is 2.84.